The maximum atomic E-state index is 10.7. The van der Waals surface area contributed by atoms with E-state index in [1.807, 2.05) is 12.1 Å². The van der Waals surface area contributed by atoms with Crippen molar-refractivity contribution >= 4 is 11.4 Å². The van der Waals surface area contributed by atoms with Crippen LogP contribution in [0.1, 0.15) is 32.6 Å². The molecular formula is C17H26N3O2+. The van der Waals surface area contributed by atoms with Gasteiger partial charge in [-0.05, 0) is 30.9 Å². The van der Waals surface area contributed by atoms with Crippen LogP contribution < -0.4 is 9.80 Å². The van der Waals surface area contributed by atoms with Gasteiger partial charge in [-0.2, -0.15) is 0 Å². The molecule has 2 fully saturated rings. The molecule has 1 aromatic rings. The number of benzene rings is 1. The van der Waals surface area contributed by atoms with Crippen molar-refractivity contribution in [1.82, 2.24) is 0 Å². The molecule has 3 rings (SSSR count). The molecule has 1 N–H and O–H groups in total. The Morgan fingerprint density at radius 2 is 1.86 bits per heavy atom. The molecule has 0 spiro atoms. The van der Waals surface area contributed by atoms with E-state index in [2.05, 4.69) is 11.8 Å². The van der Waals surface area contributed by atoms with Crippen LogP contribution in [0.25, 0.3) is 0 Å². The standard InChI is InChI=1S/C17H25N3O2/c1-14-3-2-4-17(13-14)19-11-9-18(10-12-19)15-5-7-16(8-6-15)20(21)22/h5-8,14,17H,2-4,9-13H2,1H3/p+1/t14-,17+/m1/s1. The van der Waals surface area contributed by atoms with Crippen molar-refractivity contribution in [3.05, 3.63) is 34.4 Å². The quantitative estimate of drug-likeness (QED) is 0.685. The SMILES string of the molecule is C[C@@H]1CCC[C@H]([NH+]2CCN(c3ccc([N+](=O)[O-])cc3)CC2)C1. The van der Waals surface area contributed by atoms with Crippen molar-refractivity contribution in [2.75, 3.05) is 31.1 Å². The Morgan fingerprint density at radius 3 is 2.45 bits per heavy atom. The number of rotatable bonds is 3. The zero-order valence-electron chi connectivity index (χ0n) is 13.3. The lowest BCUT2D eigenvalue weighted by Gasteiger charge is -2.40. The van der Waals surface area contributed by atoms with E-state index in [1.165, 1.54) is 38.8 Å². The van der Waals surface area contributed by atoms with Crippen LogP contribution in [0.3, 0.4) is 0 Å². The second-order valence-corrected chi connectivity index (χ2v) is 6.89. The molecule has 0 radical (unpaired) electrons. The maximum Gasteiger partial charge on any atom is 0.269 e. The molecule has 0 aromatic heterocycles. The van der Waals surface area contributed by atoms with Crippen LogP contribution in [0.5, 0.6) is 0 Å². The van der Waals surface area contributed by atoms with Crippen molar-refractivity contribution in [2.45, 2.75) is 38.6 Å². The highest BCUT2D eigenvalue weighted by Crippen LogP contribution is 2.23. The number of hydrogen-bond donors (Lipinski definition) is 1. The summed E-state index contributed by atoms with van der Waals surface area (Å²) in [6, 6.07) is 7.83. The van der Waals surface area contributed by atoms with E-state index in [9.17, 15) is 10.1 Å². The number of nitrogens with one attached hydrogen (secondary N) is 1. The molecule has 1 saturated carbocycles. The number of non-ortho nitro benzene ring substituents is 1. The fourth-order valence-corrected chi connectivity index (χ4v) is 4.05. The molecule has 0 unspecified atom stereocenters. The van der Waals surface area contributed by atoms with E-state index >= 15 is 0 Å². The van der Waals surface area contributed by atoms with Crippen molar-refractivity contribution in [2.24, 2.45) is 5.92 Å². The third-order valence-corrected chi connectivity index (χ3v) is 5.35. The van der Waals surface area contributed by atoms with E-state index in [0.717, 1.165) is 30.7 Å². The molecule has 5 heteroatoms. The van der Waals surface area contributed by atoms with Crippen LogP contribution in [0.15, 0.2) is 24.3 Å². The highest BCUT2D eigenvalue weighted by Gasteiger charge is 2.30. The summed E-state index contributed by atoms with van der Waals surface area (Å²) in [6.45, 7) is 6.87. The second kappa shape index (κ2) is 6.65. The Morgan fingerprint density at radius 1 is 1.18 bits per heavy atom. The fraction of sp³-hybridized carbons (Fsp3) is 0.647. The summed E-state index contributed by atoms with van der Waals surface area (Å²) in [7, 11) is 0. The van der Waals surface area contributed by atoms with Gasteiger partial charge in [0.25, 0.3) is 5.69 Å². The normalized spacial score (nSPS) is 26.9. The van der Waals surface area contributed by atoms with Gasteiger partial charge in [0, 0.05) is 24.2 Å². The highest BCUT2D eigenvalue weighted by molar-refractivity contribution is 5.50. The Kier molecular flexibility index (Phi) is 4.62. The Labute approximate surface area is 132 Å². The number of anilines is 1. The summed E-state index contributed by atoms with van der Waals surface area (Å²) in [5.41, 5.74) is 1.28. The van der Waals surface area contributed by atoms with Crippen LogP contribution in [0.4, 0.5) is 11.4 Å². The summed E-state index contributed by atoms with van der Waals surface area (Å²) >= 11 is 0. The first-order chi connectivity index (χ1) is 10.6. The van der Waals surface area contributed by atoms with Crippen LogP contribution in [0, 0.1) is 16.0 Å². The van der Waals surface area contributed by atoms with Crippen molar-refractivity contribution < 1.29 is 9.82 Å². The predicted molar refractivity (Wildman–Crippen MR) is 87.4 cm³/mol. The minimum absolute atomic E-state index is 0.171. The molecule has 1 aliphatic carbocycles. The first-order valence-corrected chi connectivity index (χ1v) is 8.47. The van der Waals surface area contributed by atoms with Gasteiger partial charge < -0.3 is 9.80 Å². The average molecular weight is 304 g/mol. The molecule has 0 amide bonds. The molecule has 5 nitrogen and oxygen atoms in total. The monoisotopic (exact) mass is 304 g/mol. The summed E-state index contributed by atoms with van der Waals surface area (Å²) in [6.07, 6.45) is 5.56. The van der Waals surface area contributed by atoms with Gasteiger partial charge in [-0.3, -0.25) is 10.1 Å². The van der Waals surface area contributed by atoms with Crippen LogP contribution in [-0.2, 0) is 0 Å². The van der Waals surface area contributed by atoms with E-state index in [1.54, 1.807) is 17.0 Å². The van der Waals surface area contributed by atoms with Gasteiger partial charge in [0.05, 0.1) is 37.1 Å². The van der Waals surface area contributed by atoms with E-state index in [0.29, 0.717) is 0 Å². The Bertz CT molecular complexity index is 509. The lowest BCUT2D eigenvalue weighted by atomic mass is 9.86. The number of nitrogens with zero attached hydrogens (tertiary/aromatic N) is 2. The van der Waals surface area contributed by atoms with Crippen LogP contribution >= 0.6 is 0 Å². The molecule has 1 aliphatic heterocycles. The smallest absolute Gasteiger partial charge is 0.269 e. The summed E-state index contributed by atoms with van der Waals surface area (Å²) < 4.78 is 0. The summed E-state index contributed by atoms with van der Waals surface area (Å²) in [5.74, 6) is 0.888. The molecule has 1 saturated heterocycles. The highest BCUT2D eigenvalue weighted by atomic mass is 16.6. The van der Waals surface area contributed by atoms with Crippen molar-refractivity contribution in [3.63, 3.8) is 0 Å². The third kappa shape index (κ3) is 3.40. The molecule has 1 heterocycles. The van der Waals surface area contributed by atoms with Crippen molar-refractivity contribution in [1.29, 1.82) is 0 Å². The zero-order valence-corrected chi connectivity index (χ0v) is 13.3. The van der Waals surface area contributed by atoms with Gasteiger partial charge in [-0.15, -0.1) is 0 Å². The summed E-state index contributed by atoms with van der Waals surface area (Å²) in [4.78, 5) is 14.5. The second-order valence-electron chi connectivity index (χ2n) is 6.89. The number of nitro groups is 1. The van der Waals surface area contributed by atoms with Gasteiger partial charge in [0.2, 0.25) is 0 Å². The molecular weight excluding hydrogens is 278 g/mol. The molecule has 2 aliphatic rings. The fourth-order valence-electron chi connectivity index (χ4n) is 4.05. The maximum absolute atomic E-state index is 10.7. The summed E-state index contributed by atoms with van der Waals surface area (Å²) in [5, 5.41) is 10.7. The predicted octanol–water partition coefficient (Wildman–Crippen LogP) is 1.88. The number of piperazine rings is 1. The first-order valence-electron chi connectivity index (χ1n) is 8.47. The molecule has 0 bridgehead atoms. The number of quaternary nitrogens is 1. The Balaban J connectivity index is 1.56. The van der Waals surface area contributed by atoms with Gasteiger partial charge in [-0.25, -0.2) is 0 Å². The lowest BCUT2D eigenvalue weighted by molar-refractivity contribution is -0.927. The van der Waals surface area contributed by atoms with E-state index < -0.39 is 0 Å². The van der Waals surface area contributed by atoms with Crippen LogP contribution in [0.2, 0.25) is 0 Å². The first kappa shape index (κ1) is 15.3. The topological polar surface area (TPSA) is 50.8 Å². The van der Waals surface area contributed by atoms with Gasteiger partial charge in [0.15, 0.2) is 0 Å². The largest absolute Gasteiger partial charge is 0.360 e. The van der Waals surface area contributed by atoms with Gasteiger partial charge >= 0.3 is 0 Å². The van der Waals surface area contributed by atoms with E-state index in [-0.39, 0.29) is 10.6 Å². The van der Waals surface area contributed by atoms with Crippen molar-refractivity contribution in [3.8, 4) is 0 Å². The van der Waals surface area contributed by atoms with Crippen LogP contribution in [-0.4, -0.2) is 37.1 Å². The minimum atomic E-state index is -0.337. The number of nitro benzene ring substituents is 1. The minimum Gasteiger partial charge on any atom is -0.360 e. The number of hydrogen-bond acceptors (Lipinski definition) is 3. The third-order valence-electron chi connectivity index (χ3n) is 5.35. The lowest BCUT2D eigenvalue weighted by Crippen LogP contribution is -3.18. The molecule has 22 heavy (non-hydrogen) atoms. The molecule has 120 valence electrons. The zero-order chi connectivity index (χ0) is 15.5. The molecule has 1 aromatic carbocycles. The van der Waals surface area contributed by atoms with Gasteiger partial charge in [-0.1, -0.05) is 13.3 Å². The molecule has 2 atom stereocenters. The van der Waals surface area contributed by atoms with E-state index in [4.69, 9.17) is 0 Å². The van der Waals surface area contributed by atoms with Gasteiger partial charge in [0.1, 0.15) is 0 Å². The average Bonchev–Trinajstić information content (AvgIpc) is 2.55. The Hall–Kier alpha value is -1.62.